The van der Waals surface area contributed by atoms with Crippen LogP contribution in [0.25, 0.3) is 5.69 Å². The van der Waals surface area contributed by atoms with Gasteiger partial charge in [-0.2, -0.15) is 0 Å². The Kier molecular flexibility index (Phi) is 3.91. The van der Waals surface area contributed by atoms with E-state index >= 15 is 0 Å². The molecule has 0 spiro atoms. The quantitative estimate of drug-likeness (QED) is 0.902. The Morgan fingerprint density at radius 3 is 2.64 bits per heavy atom. The van der Waals surface area contributed by atoms with E-state index < -0.39 is 11.9 Å². The molecule has 1 aromatic heterocycles. The lowest BCUT2D eigenvalue weighted by Gasteiger charge is -2.17. The number of aromatic nitrogens is 2. The van der Waals surface area contributed by atoms with Gasteiger partial charge in [0.25, 0.3) is 5.91 Å². The van der Waals surface area contributed by atoms with E-state index in [9.17, 15) is 9.59 Å². The van der Waals surface area contributed by atoms with Crippen LogP contribution in [0.5, 0.6) is 0 Å². The average molecular weight is 299 g/mol. The number of benzene rings is 1. The summed E-state index contributed by atoms with van der Waals surface area (Å²) in [6.45, 7) is 0. The second-order valence-corrected chi connectivity index (χ2v) is 5.47. The summed E-state index contributed by atoms with van der Waals surface area (Å²) < 4.78 is 1.85. The van der Waals surface area contributed by atoms with Gasteiger partial charge in [-0.15, -0.1) is 0 Å². The van der Waals surface area contributed by atoms with Crippen molar-refractivity contribution in [1.29, 1.82) is 0 Å². The van der Waals surface area contributed by atoms with Crippen LogP contribution in [0, 0.1) is 5.92 Å². The lowest BCUT2D eigenvalue weighted by atomic mass is 10.0. The van der Waals surface area contributed by atoms with E-state index in [2.05, 4.69) is 10.3 Å². The maximum Gasteiger partial charge on any atom is 0.308 e. The first-order valence-corrected chi connectivity index (χ1v) is 7.27. The summed E-state index contributed by atoms with van der Waals surface area (Å²) in [6.07, 6.45) is 7.38. The van der Waals surface area contributed by atoms with Crippen molar-refractivity contribution in [2.24, 2.45) is 5.92 Å². The van der Waals surface area contributed by atoms with Gasteiger partial charge < -0.3 is 15.0 Å². The Morgan fingerprint density at radius 2 is 2.00 bits per heavy atom. The highest BCUT2D eigenvalue weighted by Crippen LogP contribution is 2.26. The predicted molar refractivity (Wildman–Crippen MR) is 79.8 cm³/mol. The molecule has 0 unspecified atom stereocenters. The van der Waals surface area contributed by atoms with E-state index in [4.69, 9.17) is 5.11 Å². The number of carboxylic acid groups (broad SMARTS) is 1. The molecule has 6 heteroatoms. The second-order valence-electron chi connectivity index (χ2n) is 5.47. The Hall–Kier alpha value is -2.63. The molecule has 2 N–H and O–H groups in total. The molecule has 1 aliphatic rings. The minimum atomic E-state index is -0.835. The molecule has 114 valence electrons. The van der Waals surface area contributed by atoms with Gasteiger partial charge in [-0.25, -0.2) is 4.98 Å². The van der Waals surface area contributed by atoms with Crippen LogP contribution >= 0.6 is 0 Å². The number of hydrogen-bond donors (Lipinski definition) is 2. The number of imidazole rings is 1. The van der Waals surface area contributed by atoms with E-state index in [1.807, 2.05) is 22.9 Å². The molecule has 1 amide bonds. The van der Waals surface area contributed by atoms with Gasteiger partial charge in [-0.3, -0.25) is 9.59 Å². The van der Waals surface area contributed by atoms with Crippen LogP contribution in [0.3, 0.4) is 0 Å². The molecule has 6 nitrogen and oxygen atoms in total. The third-order valence-corrected chi connectivity index (χ3v) is 4.08. The number of nitrogens with one attached hydrogen (secondary N) is 1. The Balaban J connectivity index is 1.69. The number of carbonyl (C=O) groups excluding carboxylic acids is 1. The summed E-state index contributed by atoms with van der Waals surface area (Å²) in [5, 5.41) is 12.0. The van der Waals surface area contributed by atoms with E-state index in [0.717, 1.165) is 18.5 Å². The van der Waals surface area contributed by atoms with Crippen molar-refractivity contribution < 1.29 is 14.7 Å². The van der Waals surface area contributed by atoms with Crippen molar-refractivity contribution in [2.45, 2.75) is 25.3 Å². The minimum absolute atomic E-state index is 0.227. The van der Waals surface area contributed by atoms with Crippen LogP contribution in [-0.2, 0) is 4.79 Å². The highest BCUT2D eigenvalue weighted by molar-refractivity contribution is 5.94. The number of carbonyl (C=O) groups is 2. The number of aliphatic carboxylic acids is 1. The number of hydrogen-bond acceptors (Lipinski definition) is 3. The monoisotopic (exact) mass is 299 g/mol. The first-order chi connectivity index (χ1) is 10.6. The molecule has 3 rings (SSSR count). The Morgan fingerprint density at radius 1 is 1.23 bits per heavy atom. The standard InChI is InChI=1S/C16H17N3O3/c20-15(18-14-3-1-2-13(14)16(21)22)11-4-6-12(7-5-11)19-9-8-17-10-19/h4-10,13-14H,1-3H2,(H,18,20)(H,21,22)/t13-,14+/m1/s1. The van der Waals surface area contributed by atoms with Crippen molar-refractivity contribution in [3.8, 4) is 5.69 Å². The molecule has 1 fully saturated rings. The van der Waals surface area contributed by atoms with E-state index in [-0.39, 0.29) is 11.9 Å². The van der Waals surface area contributed by atoms with E-state index in [0.29, 0.717) is 12.0 Å². The lowest BCUT2D eigenvalue weighted by molar-refractivity contribution is -0.142. The number of carboxylic acids is 1. The molecule has 0 radical (unpaired) electrons. The second kappa shape index (κ2) is 6.01. The smallest absolute Gasteiger partial charge is 0.308 e. The van der Waals surface area contributed by atoms with Crippen molar-refractivity contribution >= 4 is 11.9 Å². The summed E-state index contributed by atoms with van der Waals surface area (Å²) in [5.41, 5.74) is 1.44. The SMILES string of the molecule is O=C(N[C@H]1CCC[C@H]1C(=O)O)c1ccc(-n2ccnc2)cc1. The number of nitrogens with zero attached hydrogens (tertiary/aromatic N) is 2. The molecule has 0 aliphatic heterocycles. The largest absolute Gasteiger partial charge is 0.481 e. The third-order valence-electron chi connectivity index (χ3n) is 4.08. The van der Waals surface area contributed by atoms with Crippen molar-refractivity contribution in [1.82, 2.24) is 14.9 Å². The van der Waals surface area contributed by atoms with Crippen LogP contribution in [0.2, 0.25) is 0 Å². The van der Waals surface area contributed by atoms with Gasteiger partial charge in [0.05, 0.1) is 12.2 Å². The highest BCUT2D eigenvalue weighted by atomic mass is 16.4. The molecule has 1 aromatic carbocycles. The summed E-state index contributed by atoms with van der Waals surface area (Å²) in [4.78, 5) is 27.4. The molecule has 1 heterocycles. The van der Waals surface area contributed by atoms with Crippen LogP contribution in [0.15, 0.2) is 43.0 Å². The fourth-order valence-electron chi connectivity index (χ4n) is 2.88. The van der Waals surface area contributed by atoms with Gasteiger partial charge in [-0.1, -0.05) is 6.42 Å². The topological polar surface area (TPSA) is 84.2 Å². The molecule has 0 bridgehead atoms. The van der Waals surface area contributed by atoms with Crippen molar-refractivity contribution in [2.75, 3.05) is 0 Å². The zero-order valence-electron chi connectivity index (χ0n) is 12.0. The minimum Gasteiger partial charge on any atom is -0.481 e. The van der Waals surface area contributed by atoms with Crippen LogP contribution in [0.4, 0.5) is 0 Å². The fourth-order valence-corrected chi connectivity index (χ4v) is 2.88. The molecular weight excluding hydrogens is 282 g/mol. The van der Waals surface area contributed by atoms with Crippen molar-refractivity contribution in [3.63, 3.8) is 0 Å². The molecule has 0 saturated heterocycles. The summed E-state index contributed by atoms with van der Waals surface area (Å²) in [7, 11) is 0. The average Bonchev–Trinajstić information content (AvgIpc) is 3.18. The predicted octanol–water partition coefficient (Wildman–Crippen LogP) is 1.86. The van der Waals surface area contributed by atoms with Gasteiger partial charge in [0, 0.05) is 29.7 Å². The molecule has 1 aliphatic carbocycles. The van der Waals surface area contributed by atoms with Crippen LogP contribution in [-0.4, -0.2) is 32.6 Å². The van der Waals surface area contributed by atoms with Gasteiger partial charge >= 0.3 is 5.97 Å². The van der Waals surface area contributed by atoms with Crippen molar-refractivity contribution in [3.05, 3.63) is 48.5 Å². The summed E-state index contributed by atoms with van der Waals surface area (Å²) in [6, 6.07) is 6.85. The maximum atomic E-state index is 12.2. The molecule has 2 aromatic rings. The van der Waals surface area contributed by atoms with Gasteiger partial charge in [0.2, 0.25) is 0 Å². The lowest BCUT2D eigenvalue weighted by Crippen LogP contribution is -2.40. The fraction of sp³-hybridized carbons (Fsp3) is 0.312. The first kappa shape index (κ1) is 14.3. The van der Waals surface area contributed by atoms with Crippen LogP contribution in [0.1, 0.15) is 29.6 Å². The zero-order chi connectivity index (χ0) is 15.5. The van der Waals surface area contributed by atoms with Gasteiger partial charge in [0.1, 0.15) is 0 Å². The van der Waals surface area contributed by atoms with Gasteiger partial charge in [0.15, 0.2) is 0 Å². The summed E-state index contributed by atoms with van der Waals surface area (Å²) >= 11 is 0. The normalized spacial score (nSPS) is 20.7. The van der Waals surface area contributed by atoms with Gasteiger partial charge in [-0.05, 0) is 37.1 Å². The molecule has 1 saturated carbocycles. The molecule has 22 heavy (non-hydrogen) atoms. The van der Waals surface area contributed by atoms with Crippen LogP contribution < -0.4 is 5.32 Å². The van der Waals surface area contributed by atoms with E-state index in [1.54, 1.807) is 24.7 Å². The van der Waals surface area contributed by atoms with E-state index in [1.165, 1.54) is 0 Å². The Labute approximate surface area is 127 Å². The number of amides is 1. The molecule has 2 atom stereocenters. The zero-order valence-corrected chi connectivity index (χ0v) is 12.0. The third kappa shape index (κ3) is 2.86. The number of rotatable bonds is 4. The Bertz CT molecular complexity index is 664. The summed E-state index contributed by atoms with van der Waals surface area (Å²) in [5.74, 6) is -1.54. The first-order valence-electron chi connectivity index (χ1n) is 7.27. The molecular formula is C16H17N3O3. The highest BCUT2D eigenvalue weighted by Gasteiger charge is 2.33. The maximum absolute atomic E-state index is 12.2.